The van der Waals surface area contributed by atoms with Crippen LogP contribution < -0.4 is 5.32 Å². The lowest BCUT2D eigenvalue weighted by Gasteiger charge is -2.35. The third-order valence-corrected chi connectivity index (χ3v) is 5.50. The molecular weight excluding hydrogens is 372 g/mol. The zero-order valence-corrected chi connectivity index (χ0v) is 17.1. The predicted octanol–water partition coefficient (Wildman–Crippen LogP) is 2.07. The second-order valence-electron chi connectivity index (χ2n) is 6.56. The normalized spacial score (nSPS) is 20.2. The molecule has 1 aliphatic heterocycles. The Labute approximate surface area is 162 Å². The van der Waals surface area contributed by atoms with Gasteiger partial charge in [-0.3, -0.25) is 9.69 Å². The second-order valence-corrected chi connectivity index (χ2v) is 7.58. The number of hydrogen-bond acceptors (Lipinski definition) is 8. The highest BCUT2D eigenvalue weighted by Gasteiger charge is 2.27. The maximum Gasteiger partial charge on any atom is 0.348 e. The fourth-order valence-electron chi connectivity index (χ4n) is 3.15. The van der Waals surface area contributed by atoms with Crippen molar-refractivity contribution in [2.45, 2.75) is 39.4 Å². The van der Waals surface area contributed by atoms with Gasteiger partial charge < -0.3 is 19.5 Å². The highest BCUT2D eigenvalue weighted by Crippen LogP contribution is 2.34. The highest BCUT2D eigenvalue weighted by molar-refractivity contribution is 7.18. The molecule has 1 N–H and O–H groups in total. The van der Waals surface area contributed by atoms with Gasteiger partial charge in [0.2, 0.25) is 5.91 Å². The van der Waals surface area contributed by atoms with E-state index in [1.165, 1.54) is 14.2 Å². The van der Waals surface area contributed by atoms with Crippen LogP contribution in [0.2, 0.25) is 0 Å². The number of carbonyl (C=O) groups excluding carboxylic acids is 3. The molecule has 8 nitrogen and oxygen atoms in total. The van der Waals surface area contributed by atoms with E-state index in [9.17, 15) is 14.4 Å². The van der Waals surface area contributed by atoms with Gasteiger partial charge >= 0.3 is 11.9 Å². The average molecular weight is 398 g/mol. The molecule has 1 saturated heterocycles. The van der Waals surface area contributed by atoms with Crippen molar-refractivity contribution in [1.29, 1.82) is 0 Å². The number of nitrogens with zero attached hydrogens (tertiary/aromatic N) is 1. The zero-order valence-electron chi connectivity index (χ0n) is 16.3. The van der Waals surface area contributed by atoms with E-state index in [2.05, 4.69) is 10.2 Å². The van der Waals surface area contributed by atoms with Crippen LogP contribution in [0.25, 0.3) is 0 Å². The van der Waals surface area contributed by atoms with E-state index in [0.717, 1.165) is 24.4 Å². The van der Waals surface area contributed by atoms with E-state index in [-0.39, 0.29) is 35.0 Å². The number of methoxy groups -OCH3 is 2. The molecule has 150 valence electrons. The van der Waals surface area contributed by atoms with E-state index in [4.69, 9.17) is 14.2 Å². The third-order valence-electron chi connectivity index (χ3n) is 4.31. The van der Waals surface area contributed by atoms with Crippen molar-refractivity contribution in [3.8, 4) is 0 Å². The van der Waals surface area contributed by atoms with Crippen molar-refractivity contribution >= 4 is 34.2 Å². The SMILES string of the molecule is COC(=O)c1sc(NC(=O)CCN2C[C@@H](C)O[C@@H](C)C2)c(C(=O)OC)c1C. The first-order chi connectivity index (χ1) is 12.8. The molecule has 0 aromatic carbocycles. The second kappa shape index (κ2) is 9.29. The minimum absolute atomic E-state index is 0.130. The Balaban J connectivity index is 2.08. The summed E-state index contributed by atoms with van der Waals surface area (Å²) in [5.74, 6) is -1.39. The standard InChI is InChI=1S/C18H26N2O6S/c1-10-8-20(9-11(2)26-10)7-6-13(21)19-16-14(17(22)24-4)12(3)15(27-16)18(23)25-5/h10-11H,6-9H2,1-5H3,(H,19,21)/t10-,11+. The van der Waals surface area contributed by atoms with Crippen LogP contribution in [0.15, 0.2) is 0 Å². The molecule has 2 rings (SSSR count). The van der Waals surface area contributed by atoms with Crippen LogP contribution in [0.5, 0.6) is 0 Å². The Morgan fingerprint density at radius 3 is 2.30 bits per heavy atom. The summed E-state index contributed by atoms with van der Waals surface area (Å²) in [5, 5.41) is 3.04. The van der Waals surface area contributed by atoms with E-state index in [0.29, 0.717) is 17.1 Å². The number of morpholine rings is 1. The topological polar surface area (TPSA) is 94.2 Å². The number of amides is 1. The lowest BCUT2D eigenvalue weighted by atomic mass is 10.1. The summed E-state index contributed by atoms with van der Waals surface area (Å²) < 4.78 is 15.2. The van der Waals surface area contributed by atoms with E-state index >= 15 is 0 Å². The Bertz CT molecular complexity index is 707. The molecule has 1 aromatic rings. The van der Waals surface area contributed by atoms with Gasteiger partial charge in [0.15, 0.2) is 0 Å². The lowest BCUT2D eigenvalue weighted by Crippen LogP contribution is -2.46. The summed E-state index contributed by atoms with van der Waals surface area (Å²) in [4.78, 5) is 38.9. The van der Waals surface area contributed by atoms with Gasteiger partial charge in [-0.25, -0.2) is 9.59 Å². The van der Waals surface area contributed by atoms with Gasteiger partial charge in [-0.05, 0) is 26.3 Å². The number of esters is 2. The molecule has 2 heterocycles. The number of carbonyl (C=O) groups is 3. The molecule has 0 aliphatic carbocycles. The largest absolute Gasteiger partial charge is 0.465 e. The molecule has 27 heavy (non-hydrogen) atoms. The molecule has 0 bridgehead atoms. The molecule has 0 saturated carbocycles. The van der Waals surface area contributed by atoms with Crippen LogP contribution in [-0.4, -0.2) is 68.8 Å². The van der Waals surface area contributed by atoms with E-state index < -0.39 is 11.9 Å². The molecule has 9 heteroatoms. The monoisotopic (exact) mass is 398 g/mol. The maximum absolute atomic E-state index is 12.4. The molecule has 1 amide bonds. The summed E-state index contributed by atoms with van der Waals surface area (Å²) in [6, 6.07) is 0. The minimum Gasteiger partial charge on any atom is -0.465 e. The van der Waals surface area contributed by atoms with Gasteiger partial charge in [0.05, 0.1) is 32.0 Å². The van der Waals surface area contributed by atoms with Crippen molar-refractivity contribution in [3.05, 3.63) is 16.0 Å². The first kappa shape index (κ1) is 21.3. The lowest BCUT2D eigenvalue weighted by molar-refractivity contribution is -0.117. The summed E-state index contributed by atoms with van der Waals surface area (Å²) in [6.07, 6.45) is 0.528. The number of rotatable bonds is 6. The van der Waals surface area contributed by atoms with Crippen LogP contribution in [0.3, 0.4) is 0 Å². The van der Waals surface area contributed by atoms with E-state index in [1.54, 1.807) is 6.92 Å². The first-order valence-electron chi connectivity index (χ1n) is 8.74. The van der Waals surface area contributed by atoms with Gasteiger partial charge in [-0.2, -0.15) is 0 Å². The first-order valence-corrected chi connectivity index (χ1v) is 9.56. The number of nitrogens with one attached hydrogen (secondary N) is 1. The number of thiophene rings is 1. The van der Waals surface area contributed by atoms with Crippen molar-refractivity contribution in [1.82, 2.24) is 4.90 Å². The van der Waals surface area contributed by atoms with Crippen LogP contribution in [0.4, 0.5) is 5.00 Å². The molecule has 0 radical (unpaired) electrons. The smallest absolute Gasteiger partial charge is 0.348 e. The van der Waals surface area contributed by atoms with Gasteiger partial charge in [0.25, 0.3) is 0 Å². The molecule has 1 aromatic heterocycles. The molecule has 0 spiro atoms. The van der Waals surface area contributed by atoms with Gasteiger partial charge in [-0.1, -0.05) is 0 Å². The number of hydrogen-bond donors (Lipinski definition) is 1. The molecule has 1 fully saturated rings. The Hall–Kier alpha value is -1.97. The van der Waals surface area contributed by atoms with Crippen molar-refractivity contribution in [3.63, 3.8) is 0 Å². The fourth-order valence-corrected chi connectivity index (χ4v) is 4.28. The number of anilines is 1. The summed E-state index contributed by atoms with van der Waals surface area (Å²) in [6.45, 7) is 7.78. The Morgan fingerprint density at radius 2 is 1.74 bits per heavy atom. The van der Waals surface area contributed by atoms with Crippen LogP contribution in [0.1, 0.15) is 45.9 Å². The predicted molar refractivity (Wildman–Crippen MR) is 101 cm³/mol. The van der Waals surface area contributed by atoms with Gasteiger partial charge in [0, 0.05) is 26.1 Å². The summed E-state index contributed by atoms with van der Waals surface area (Å²) in [5.41, 5.74) is 0.620. The molecule has 0 unspecified atom stereocenters. The van der Waals surface area contributed by atoms with Crippen molar-refractivity contribution in [2.24, 2.45) is 0 Å². The van der Waals surface area contributed by atoms with E-state index in [1.807, 2.05) is 13.8 Å². The van der Waals surface area contributed by atoms with Crippen molar-refractivity contribution < 1.29 is 28.6 Å². The minimum atomic E-state index is -0.606. The molecular formula is C18H26N2O6S. The van der Waals surface area contributed by atoms with Crippen LogP contribution >= 0.6 is 11.3 Å². The highest BCUT2D eigenvalue weighted by atomic mass is 32.1. The van der Waals surface area contributed by atoms with Crippen LogP contribution in [-0.2, 0) is 19.0 Å². The zero-order chi connectivity index (χ0) is 20.1. The Morgan fingerprint density at radius 1 is 1.15 bits per heavy atom. The third kappa shape index (κ3) is 5.27. The number of ether oxygens (including phenoxy) is 3. The fraction of sp³-hybridized carbons (Fsp3) is 0.611. The van der Waals surface area contributed by atoms with Crippen molar-refractivity contribution in [2.75, 3.05) is 39.2 Å². The molecule has 2 atom stereocenters. The molecule has 1 aliphatic rings. The van der Waals surface area contributed by atoms with Gasteiger partial charge in [-0.15, -0.1) is 11.3 Å². The summed E-state index contributed by atoms with van der Waals surface area (Å²) >= 11 is 1.01. The van der Waals surface area contributed by atoms with Gasteiger partial charge in [0.1, 0.15) is 9.88 Å². The van der Waals surface area contributed by atoms with Crippen LogP contribution in [0, 0.1) is 6.92 Å². The Kier molecular flexibility index (Phi) is 7.34. The summed E-state index contributed by atoms with van der Waals surface area (Å²) in [7, 11) is 2.52. The maximum atomic E-state index is 12.4. The quantitative estimate of drug-likeness (QED) is 0.733. The average Bonchev–Trinajstić information content (AvgIpc) is 2.94.